The van der Waals surface area contributed by atoms with Crippen LogP contribution in [0.25, 0.3) is 33.0 Å². The Bertz CT molecular complexity index is 2050. The quantitative estimate of drug-likeness (QED) is 0.189. The first-order valence-corrected chi connectivity index (χ1v) is 12.6. The maximum Gasteiger partial charge on any atom is 0.200 e. The van der Waals surface area contributed by atoms with E-state index in [2.05, 4.69) is 25.5 Å². The van der Waals surface area contributed by atoms with Crippen LogP contribution >= 0.6 is 0 Å². The number of aryl methyl sites for hydroxylation is 1. The molecule has 0 spiro atoms. The highest BCUT2D eigenvalue weighted by atomic mass is 19.1. The van der Waals surface area contributed by atoms with Gasteiger partial charge in [-0.25, -0.2) is 18.7 Å². The minimum absolute atomic E-state index is 0.0263. The Hall–Kier alpha value is -5.45. The third kappa shape index (κ3) is 4.56. The minimum atomic E-state index is -0.728. The van der Waals surface area contributed by atoms with Crippen molar-refractivity contribution in [2.24, 2.45) is 0 Å². The molecule has 11 heteroatoms. The summed E-state index contributed by atoms with van der Waals surface area (Å²) in [7, 11) is 0. The van der Waals surface area contributed by atoms with Crippen LogP contribution in [-0.2, 0) is 0 Å². The van der Waals surface area contributed by atoms with Gasteiger partial charge in [0.25, 0.3) is 0 Å². The van der Waals surface area contributed by atoms with E-state index in [4.69, 9.17) is 15.6 Å². The van der Waals surface area contributed by atoms with Gasteiger partial charge in [-0.2, -0.15) is 5.10 Å². The molecule has 5 N–H and O–H groups in total. The molecule has 9 nitrogen and oxygen atoms in total. The summed E-state index contributed by atoms with van der Waals surface area (Å²) in [6, 6.07) is 13.9. The molecule has 6 aromatic rings. The molecular weight excluding hydrogens is 528 g/mol. The largest absolute Gasteiger partial charge is 0.458 e. The predicted molar refractivity (Wildman–Crippen MR) is 153 cm³/mol. The third-order valence-corrected chi connectivity index (χ3v) is 6.91. The monoisotopic (exact) mass is 551 g/mol. The zero-order valence-corrected chi connectivity index (χ0v) is 21.9. The first-order valence-electron chi connectivity index (χ1n) is 12.6. The zero-order chi connectivity index (χ0) is 28.8. The molecule has 1 unspecified atom stereocenters. The van der Waals surface area contributed by atoms with Gasteiger partial charge in [0.2, 0.25) is 5.43 Å². The lowest BCUT2D eigenvalue weighted by Crippen LogP contribution is -2.19. The number of rotatable bonds is 6. The SMILES string of the molecule is Cc1n[nH]c2cc(C(=N)c3c(N)ncnc3NC(C)c3oc4ccc(F)cc4c(=O)c3-c3cccc(F)c3)ccc12. The number of anilines is 2. The topological polar surface area (TPSA) is 147 Å². The summed E-state index contributed by atoms with van der Waals surface area (Å²) in [5, 5.41) is 20.3. The summed E-state index contributed by atoms with van der Waals surface area (Å²) in [5.74, 6) is -0.679. The van der Waals surface area contributed by atoms with E-state index in [9.17, 15) is 13.6 Å². The number of hydrogen-bond donors (Lipinski definition) is 4. The molecule has 0 aliphatic rings. The number of benzene rings is 3. The molecular formula is C30H23F2N7O2. The van der Waals surface area contributed by atoms with Gasteiger partial charge in [0.1, 0.15) is 40.9 Å². The Morgan fingerprint density at radius 1 is 1.05 bits per heavy atom. The fourth-order valence-electron chi connectivity index (χ4n) is 4.89. The third-order valence-electron chi connectivity index (χ3n) is 6.91. The molecule has 3 aromatic heterocycles. The van der Waals surface area contributed by atoms with Crippen LogP contribution in [0.4, 0.5) is 20.4 Å². The fourth-order valence-corrected chi connectivity index (χ4v) is 4.89. The smallest absolute Gasteiger partial charge is 0.200 e. The van der Waals surface area contributed by atoms with Crippen LogP contribution in [-0.4, -0.2) is 25.9 Å². The van der Waals surface area contributed by atoms with E-state index in [-0.39, 0.29) is 50.8 Å². The van der Waals surface area contributed by atoms with Crippen molar-refractivity contribution in [1.29, 1.82) is 5.41 Å². The van der Waals surface area contributed by atoms with E-state index >= 15 is 0 Å². The number of aromatic nitrogens is 4. The number of fused-ring (bicyclic) bond motifs is 2. The maximum absolute atomic E-state index is 14.2. The number of halogens is 2. The highest BCUT2D eigenvalue weighted by Crippen LogP contribution is 2.33. The number of nitrogens with zero attached hydrogens (tertiary/aromatic N) is 3. The highest BCUT2D eigenvalue weighted by molar-refractivity contribution is 6.17. The van der Waals surface area contributed by atoms with E-state index in [0.717, 1.165) is 22.7 Å². The second kappa shape index (κ2) is 9.94. The van der Waals surface area contributed by atoms with Crippen LogP contribution in [0, 0.1) is 24.0 Å². The zero-order valence-electron chi connectivity index (χ0n) is 21.9. The van der Waals surface area contributed by atoms with Crippen molar-refractivity contribution in [3.05, 3.63) is 111 Å². The highest BCUT2D eigenvalue weighted by Gasteiger charge is 2.24. The second-order valence-corrected chi connectivity index (χ2v) is 9.61. The summed E-state index contributed by atoms with van der Waals surface area (Å²) >= 11 is 0. The summed E-state index contributed by atoms with van der Waals surface area (Å²) in [4.78, 5) is 22.1. The Balaban J connectivity index is 1.46. The molecule has 41 heavy (non-hydrogen) atoms. The Kier molecular flexibility index (Phi) is 6.26. The molecule has 0 fully saturated rings. The van der Waals surface area contributed by atoms with Crippen LogP contribution < -0.4 is 16.5 Å². The lowest BCUT2D eigenvalue weighted by molar-refractivity contribution is 0.514. The van der Waals surface area contributed by atoms with Crippen LogP contribution in [0.3, 0.4) is 0 Å². The lowest BCUT2D eigenvalue weighted by atomic mass is 9.98. The minimum Gasteiger partial charge on any atom is -0.458 e. The van der Waals surface area contributed by atoms with E-state index < -0.39 is 23.1 Å². The maximum atomic E-state index is 14.2. The van der Waals surface area contributed by atoms with Gasteiger partial charge in [-0.1, -0.05) is 24.3 Å². The van der Waals surface area contributed by atoms with Crippen molar-refractivity contribution in [3.63, 3.8) is 0 Å². The molecule has 0 radical (unpaired) electrons. The van der Waals surface area contributed by atoms with Gasteiger partial charge in [0.15, 0.2) is 0 Å². The van der Waals surface area contributed by atoms with Crippen molar-refractivity contribution in [2.75, 3.05) is 11.1 Å². The molecule has 3 heterocycles. The molecule has 6 rings (SSSR count). The van der Waals surface area contributed by atoms with E-state index in [0.29, 0.717) is 5.56 Å². The van der Waals surface area contributed by atoms with Gasteiger partial charge < -0.3 is 15.5 Å². The summed E-state index contributed by atoms with van der Waals surface area (Å²) in [6.45, 7) is 3.61. The number of H-pyrrole nitrogens is 1. The van der Waals surface area contributed by atoms with Crippen molar-refractivity contribution in [3.8, 4) is 11.1 Å². The van der Waals surface area contributed by atoms with Crippen LogP contribution in [0.1, 0.15) is 35.5 Å². The van der Waals surface area contributed by atoms with E-state index in [1.165, 1.54) is 36.7 Å². The summed E-state index contributed by atoms with van der Waals surface area (Å²) in [6.07, 6.45) is 1.26. The van der Waals surface area contributed by atoms with Crippen molar-refractivity contribution in [1.82, 2.24) is 20.2 Å². The van der Waals surface area contributed by atoms with Gasteiger partial charge in [-0.15, -0.1) is 0 Å². The van der Waals surface area contributed by atoms with Crippen LogP contribution in [0.15, 0.2) is 76.2 Å². The van der Waals surface area contributed by atoms with Gasteiger partial charge in [-0.05, 0) is 55.8 Å². The predicted octanol–water partition coefficient (Wildman–Crippen LogP) is 5.88. The average Bonchev–Trinajstić information content (AvgIpc) is 3.32. The number of hydrogen-bond acceptors (Lipinski definition) is 8. The number of nitrogens with one attached hydrogen (secondary N) is 3. The molecule has 0 bridgehead atoms. The molecule has 0 aliphatic carbocycles. The Labute approximate surface area is 231 Å². The van der Waals surface area contributed by atoms with Gasteiger partial charge in [0.05, 0.1) is 39.5 Å². The molecule has 0 saturated carbocycles. The van der Waals surface area contributed by atoms with Crippen molar-refractivity contribution >= 4 is 39.2 Å². The first kappa shape index (κ1) is 25.8. The van der Waals surface area contributed by atoms with E-state index in [1.807, 2.05) is 13.0 Å². The first-order chi connectivity index (χ1) is 19.7. The number of nitrogens with two attached hydrogens (primary N) is 1. The molecule has 0 amide bonds. The number of nitrogen functional groups attached to an aromatic ring is 1. The van der Waals surface area contributed by atoms with Crippen molar-refractivity contribution < 1.29 is 13.2 Å². The Morgan fingerprint density at radius 2 is 1.85 bits per heavy atom. The molecule has 0 saturated heterocycles. The fraction of sp³-hybridized carbons (Fsp3) is 0.100. The van der Waals surface area contributed by atoms with E-state index in [1.54, 1.807) is 25.1 Å². The van der Waals surface area contributed by atoms with Crippen LogP contribution in [0.2, 0.25) is 0 Å². The standard InChI is InChI=1S/C30H23F2N7O2/c1-14-20-8-6-17(11-22(20)39-38-14)26(33)25-29(34)35-13-36-30(25)37-15(2)28-24(16-4-3-5-18(31)10-16)27(40)21-12-19(32)7-9-23(21)41-28/h3-13,15,33H,1-2H3,(H,38,39)(H3,34,35,36,37). The molecule has 204 valence electrons. The van der Waals surface area contributed by atoms with Gasteiger partial charge >= 0.3 is 0 Å². The molecule has 1 atom stereocenters. The molecule has 3 aromatic carbocycles. The lowest BCUT2D eigenvalue weighted by Gasteiger charge is -2.20. The normalized spacial score (nSPS) is 12.1. The average molecular weight is 552 g/mol. The Morgan fingerprint density at radius 3 is 2.66 bits per heavy atom. The van der Waals surface area contributed by atoms with Crippen molar-refractivity contribution in [2.45, 2.75) is 19.9 Å². The number of aromatic amines is 1. The van der Waals surface area contributed by atoms with Crippen LogP contribution in [0.5, 0.6) is 0 Å². The second-order valence-electron chi connectivity index (χ2n) is 9.61. The summed E-state index contributed by atoms with van der Waals surface area (Å²) in [5.41, 5.74) is 8.69. The van der Waals surface area contributed by atoms with Gasteiger partial charge in [0, 0.05) is 10.9 Å². The van der Waals surface area contributed by atoms with Gasteiger partial charge in [-0.3, -0.25) is 15.3 Å². The molecule has 0 aliphatic heterocycles. The summed E-state index contributed by atoms with van der Waals surface area (Å²) < 4.78 is 34.4.